The first kappa shape index (κ1) is 26.7. The molecule has 0 aliphatic carbocycles. The Bertz CT molecular complexity index is 952. The van der Waals surface area contributed by atoms with E-state index in [1.807, 2.05) is 27.7 Å². The van der Waals surface area contributed by atoms with Crippen LogP contribution in [0.1, 0.15) is 38.1 Å². The van der Waals surface area contributed by atoms with Gasteiger partial charge in [0, 0.05) is 44.9 Å². The van der Waals surface area contributed by atoms with Crippen molar-refractivity contribution < 1.29 is 27.5 Å². The van der Waals surface area contributed by atoms with Crippen LogP contribution in [0.2, 0.25) is 0 Å². The Morgan fingerprint density at radius 1 is 1.24 bits per heavy atom. The summed E-state index contributed by atoms with van der Waals surface area (Å²) in [5.74, 6) is -0.0775. The van der Waals surface area contributed by atoms with Gasteiger partial charge in [-0.2, -0.15) is 0 Å². The fourth-order valence-corrected chi connectivity index (χ4v) is 4.22. The first-order valence-corrected chi connectivity index (χ1v) is 12.8. The van der Waals surface area contributed by atoms with Gasteiger partial charge in [-0.3, -0.25) is 9.52 Å². The highest BCUT2D eigenvalue weighted by Gasteiger charge is 2.30. The van der Waals surface area contributed by atoms with Crippen LogP contribution in [0.3, 0.4) is 0 Å². The molecule has 2 N–H and O–H groups in total. The number of carbonyl (C=O) groups is 2. The molecule has 1 aliphatic rings. The number of urea groups is 1. The number of hydrogen-bond donors (Lipinski definition) is 2. The van der Waals surface area contributed by atoms with Gasteiger partial charge in [-0.05, 0) is 39.0 Å². The van der Waals surface area contributed by atoms with Crippen LogP contribution in [0, 0.1) is 5.92 Å². The molecule has 1 aliphatic heterocycles. The Hall–Kier alpha value is -2.53. The van der Waals surface area contributed by atoms with Crippen molar-refractivity contribution in [1.82, 2.24) is 15.1 Å². The molecule has 2 rings (SSSR count). The van der Waals surface area contributed by atoms with Crippen molar-refractivity contribution in [2.75, 3.05) is 44.8 Å². The molecule has 3 amide bonds. The number of amides is 3. The van der Waals surface area contributed by atoms with E-state index >= 15 is 0 Å². The average molecular weight is 485 g/mol. The maximum atomic E-state index is 13.3. The topological polar surface area (TPSA) is 117 Å². The summed E-state index contributed by atoms with van der Waals surface area (Å²) in [6.07, 6.45) is 0.724. The maximum Gasteiger partial charge on any atom is 0.317 e. The van der Waals surface area contributed by atoms with Gasteiger partial charge in [0.15, 0.2) is 0 Å². The van der Waals surface area contributed by atoms with Gasteiger partial charge in [-0.25, -0.2) is 13.2 Å². The molecule has 11 heteroatoms. The number of likely N-dealkylation sites (N-methyl/N-ethyl adjacent to an activating group) is 1. The summed E-state index contributed by atoms with van der Waals surface area (Å²) in [6, 6.07) is 4.04. The second kappa shape index (κ2) is 11.1. The third-order valence-electron chi connectivity index (χ3n) is 5.42. The lowest BCUT2D eigenvalue weighted by atomic mass is 10.0. The summed E-state index contributed by atoms with van der Waals surface area (Å²) >= 11 is 0. The average Bonchev–Trinajstić information content (AvgIpc) is 2.71. The second-order valence-electron chi connectivity index (χ2n) is 8.94. The summed E-state index contributed by atoms with van der Waals surface area (Å²) in [5.41, 5.74) is 0.482. The monoisotopic (exact) mass is 484 g/mol. The molecule has 0 unspecified atom stereocenters. The SMILES string of the molecule is CO[C@H]1CN(C)C(=O)c2cc(NS(C)(=O)=O)ccc2OC[C@@H](C)N(C(=O)NC(C)C)C[C@H]1C. The fraction of sp³-hybridized carbons (Fsp3) is 0.636. The molecule has 186 valence electrons. The summed E-state index contributed by atoms with van der Waals surface area (Å²) in [5, 5.41) is 2.93. The van der Waals surface area contributed by atoms with Gasteiger partial charge in [0.25, 0.3) is 5.91 Å². The van der Waals surface area contributed by atoms with Crippen LogP contribution in [0.4, 0.5) is 10.5 Å². The molecular weight excluding hydrogens is 448 g/mol. The number of sulfonamides is 1. The van der Waals surface area contributed by atoms with Crippen LogP contribution in [0.15, 0.2) is 18.2 Å². The summed E-state index contributed by atoms with van der Waals surface area (Å²) in [7, 11) is -0.283. The van der Waals surface area contributed by atoms with Crippen molar-refractivity contribution in [3.05, 3.63) is 23.8 Å². The molecule has 0 spiro atoms. The fourth-order valence-electron chi connectivity index (χ4n) is 3.67. The lowest BCUT2D eigenvalue weighted by Crippen LogP contribution is -2.52. The molecular formula is C22H36N4O6S. The molecule has 0 radical (unpaired) electrons. The summed E-state index contributed by atoms with van der Waals surface area (Å²) in [4.78, 5) is 29.4. The van der Waals surface area contributed by atoms with E-state index < -0.39 is 10.0 Å². The van der Waals surface area contributed by atoms with Gasteiger partial charge < -0.3 is 24.6 Å². The van der Waals surface area contributed by atoms with E-state index in [0.717, 1.165) is 6.26 Å². The van der Waals surface area contributed by atoms with Crippen molar-refractivity contribution in [2.45, 2.75) is 45.9 Å². The molecule has 33 heavy (non-hydrogen) atoms. The molecule has 0 bridgehead atoms. The van der Waals surface area contributed by atoms with Crippen molar-refractivity contribution in [3.63, 3.8) is 0 Å². The van der Waals surface area contributed by atoms with E-state index in [2.05, 4.69) is 10.0 Å². The molecule has 1 aromatic rings. The molecule has 10 nitrogen and oxygen atoms in total. The van der Waals surface area contributed by atoms with E-state index in [1.165, 1.54) is 17.0 Å². The zero-order chi connectivity index (χ0) is 24.9. The van der Waals surface area contributed by atoms with Crippen LogP contribution >= 0.6 is 0 Å². The first-order chi connectivity index (χ1) is 15.3. The third kappa shape index (κ3) is 7.50. The van der Waals surface area contributed by atoms with Crippen LogP contribution in [-0.4, -0.2) is 88.5 Å². The van der Waals surface area contributed by atoms with Gasteiger partial charge in [0.05, 0.1) is 24.0 Å². The molecule has 0 saturated carbocycles. The predicted octanol–water partition coefficient (Wildman–Crippen LogP) is 1.98. The third-order valence-corrected chi connectivity index (χ3v) is 6.03. The zero-order valence-corrected chi connectivity index (χ0v) is 21.2. The Balaban J connectivity index is 2.47. The minimum absolute atomic E-state index is 0.0224. The molecule has 0 saturated heterocycles. The second-order valence-corrected chi connectivity index (χ2v) is 10.7. The predicted molar refractivity (Wildman–Crippen MR) is 127 cm³/mol. The van der Waals surface area contributed by atoms with E-state index in [1.54, 1.807) is 25.1 Å². The van der Waals surface area contributed by atoms with Gasteiger partial charge >= 0.3 is 6.03 Å². The summed E-state index contributed by atoms with van der Waals surface area (Å²) in [6.45, 7) is 8.52. The van der Waals surface area contributed by atoms with Gasteiger partial charge in [-0.15, -0.1) is 0 Å². The van der Waals surface area contributed by atoms with Crippen molar-refractivity contribution in [2.24, 2.45) is 5.92 Å². The number of methoxy groups -OCH3 is 1. The minimum atomic E-state index is -3.52. The van der Waals surface area contributed by atoms with Crippen LogP contribution in [0.25, 0.3) is 0 Å². The van der Waals surface area contributed by atoms with Crippen LogP contribution < -0.4 is 14.8 Å². The van der Waals surface area contributed by atoms with E-state index in [0.29, 0.717) is 12.3 Å². The molecule has 0 fully saturated rings. The number of nitrogens with zero attached hydrogens (tertiary/aromatic N) is 2. The van der Waals surface area contributed by atoms with Crippen molar-refractivity contribution >= 4 is 27.6 Å². The quantitative estimate of drug-likeness (QED) is 0.675. The largest absolute Gasteiger partial charge is 0.491 e. The lowest BCUT2D eigenvalue weighted by Gasteiger charge is -2.36. The maximum absolute atomic E-state index is 13.3. The zero-order valence-electron chi connectivity index (χ0n) is 20.4. The normalized spacial score (nSPS) is 22.7. The first-order valence-electron chi connectivity index (χ1n) is 10.9. The van der Waals surface area contributed by atoms with Crippen molar-refractivity contribution in [1.29, 1.82) is 0 Å². The molecule has 1 heterocycles. The number of carbonyl (C=O) groups excluding carboxylic acids is 2. The van der Waals surface area contributed by atoms with E-state index in [9.17, 15) is 18.0 Å². The number of fused-ring (bicyclic) bond motifs is 1. The Morgan fingerprint density at radius 3 is 2.48 bits per heavy atom. The smallest absolute Gasteiger partial charge is 0.317 e. The molecule has 0 aromatic heterocycles. The molecule has 1 aromatic carbocycles. The lowest BCUT2D eigenvalue weighted by molar-refractivity contribution is 0.0165. The van der Waals surface area contributed by atoms with Crippen molar-refractivity contribution in [3.8, 4) is 5.75 Å². The standard InChI is InChI=1S/C22H36N4O6S/c1-14(2)23-22(28)26-11-15(3)20(31-6)12-25(5)21(27)18-10-17(24-33(7,29)30)8-9-19(18)32-13-16(26)4/h8-10,14-16,20,24H,11-13H2,1-7H3,(H,23,28)/t15-,16-,20+/m1/s1. The Labute approximate surface area is 196 Å². The Kier molecular flexibility index (Phi) is 8.96. The van der Waals surface area contributed by atoms with Gasteiger partial charge in [-0.1, -0.05) is 6.92 Å². The van der Waals surface area contributed by atoms with Crippen LogP contribution in [-0.2, 0) is 14.8 Å². The highest BCUT2D eigenvalue weighted by atomic mass is 32.2. The number of nitrogens with one attached hydrogen (secondary N) is 2. The minimum Gasteiger partial charge on any atom is -0.491 e. The summed E-state index contributed by atoms with van der Waals surface area (Å²) < 4.78 is 37.4. The highest BCUT2D eigenvalue weighted by Crippen LogP contribution is 2.26. The number of benzene rings is 1. The number of ether oxygens (including phenoxy) is 2. The van der Waals surface area contributed by atoms with Gasteiger partial charge in [0.2, 0.25) is 10.0 Å². The van der Waals surface area contributed by atoms with Gasteiger partial charge in [0.1, 0.15) is 12.4 Å². The number of anilines is 1. The number of hydrogen-bond acceptors (Lipinski definition) is 6. The van der Waals surface area contributed by atoms with E-state index in [-0.39, 0.29) is 60.4 Å². The number of rotatable bonds is 4. The highest BCUT2D eigenvalue weighted by molar-refractivity contribution is 7.92. The Morgan fingerprint density at radius 2 is 1.91 bits per heavy atom. The van der Waals surface area contributed by atoms with Crippen LogP contribution in [0.5, 0.6) is 5.75 Å². The van der Waals surface area contributed by atoms with E-state index in [4.69, 9.17) is 9.47 Å². The molecule has 3 atom stereocenters.